The van der Waals surface area contributed by atoms with Crippen molar-refractivity contribution in [3.05, 3.63) is 34.6 Å². The Morgan fingerprint density at radius 2 is 2.14 bits per heavy atom. The molecule has 3 unspecified atom stereocenters. The predicted octanol–water partition coefficient (Wildman–Crippen LogP) is 4.09. The van der Waals surface area contributed by atoms with Gasteiger partial charge in [-0.25, -0.2) is 0 Å². The molecule has 21 heavy (non-hydrogen) atoms. The topological polar surface area (TPSA) is 51.0 Å². The molecule has 0 amide bonds. The summed E-state index contributed by atoms with van der Waals surface area (Å²) in [5, 5.41) is 7.82. The third-order valence-electron chi connectivity index (χ3n) is 4.69. The predicted molar refractivity (Wildman–Crippen MR) is 83.7 cm³/mol. The Morgan fingerprint density at radius 1 is 1.24 bits per heavy atom. The molecule has 1 aromatic heterocycles. The van der Waals surface area contributed by atoms with Gasteiger partial charge in [-0.2, -0.15) is 4.98 Å². The van der Waals surface area contributed by atoms with E-state index < -0.39 is 0 Å². The van der Waals surface area contributed by atoms with E-state index in [1.54, 1.807) is 0 Å². The van der Waals surface area contributed by atoms with Crippen molar-refractivity contribution in [3.63, 3.8) is 0 Å². The SMILES string of the molecule is Brc1cccc(-c2noc(C3CC4CCCCC4N3)n2)c1. The van der Waals surface area contributed by atoms with Gasteiger partial charge in [-0.3, -0.25) is 0 Å². The lowest BCUT2D eigenvalue weighted by atomic mass is 9.85. The second-order valence-electron chi connectivity index (χ2n) is 6.07. The van der Waals surface area contributed by atoms with Crippen molar-refractivity contribution in [1.29, 1.82) is 0 Å². The molecule has 1 aliphatic heterocycles. The van der Waals surface area contributed by atoms with Crippen molar-refractivity contribution < 1.29 is 4.52 Å². The van der Waals surface area contributed by atoms with Crippen molar-refractivity contribution >= 4 is 15.9 Å². The van der Waals surface area contributed by atoms with E-state index >= 15 is 0 Å². The molecule has 1 N–H and O–H groups in total. The molecule has 0 bridgehead atoms. The maximum atomic E-state index is 5.51. The minimum atomic E-state index is 0.228. The number of rotatable bonds is 2. The van der Waals surface area contributed by atoms with Crippen molar-refractivity contribution in [2.75, 3.05) is 0 Å². The van der Waals surface area contributed by atoms with Gasteiger partial charge in [0.25, 0.3) is 0 Å². The Hall–Kier alpha value is -1.20. The highest BCUT2D eigenvalue weighted by Gasteiger charge is 2.38. The average molecular weight is 348 g/mol. The first-order valence-corrected chi connectivity index (χ1v) is 8.44. The average Bonchev–Trinajstić information content (AvgIpc) is 3.14. The zero-order valence-electron chi connectivity index (χ0n) is 11.8. The zero-order chi connectivity index (χ0) is 14.2. The summed E-state index contributed by atoms with van der Waals surface area (Å²) in [4.78, 5) is 4.60. The standard InChI is InChI=1S/C16H18BrN3O/c17-12-6-3-5-11(8-12)15-19-16(21-20-15)14-9-10-4-1-2-7-13(10)18-14/h3,5-6,8,10,13-14,18H,1-2,4,7,9H2. The highest BCUT2D eigenvalue weighted by atomic mass is 79.9. The Kier molecular flexibility index (Phi) is 3.55. The number of aromatic nitrogens is 2. The molecule has 2 aliphatic rings. The van der Waals surface area contributed by atoms with Gasteiger partial charge in [-0.05, 0) is 37.3 Å². The summed E-state index contributed by atoms with van der Waals surface area (Å²) in [6.07, 6.45) is 6.45. The van der Waals surface area contributed by atoms with Crippen LogP contribution in [0.2, 0.25) is 0 Å². The summed E-state index contributed by atoms with van der Waals surface area (Å²) in [6.45, 7) is 0. The summed E-state index contributed by atoms with van der Waals surface area (Å²) in [5.41, 5.74) is 0.981. The van der Waals surface area contributed by atoms with Crippen LogP contribution >= 0.6 is 15.9 Å². The second-order valence-corrected chi connectivity index (χ2v) is 6.99. The molecule has 5 heteroatoms. The van der Waals surface area contributed by atoms with Crippen molar-refractivity contribution in [3.8, 4) is 11.4 Å². The molecule has 3 atom stereocenters. The van der Waals surface area contributed by atoms with Crippen LogP contribution < -0.4 is 5.32 Å². The van der Waals surface area contributed by atoms with Crippen molar-refractivity contribution in [2.45, 2.75) is 44.2 Å². The number of benzene rings is 1. The highest BCUT2D eigenvalue weighted by molar-refractivity contribution is 9.10. The van der Waals surface area contributed by atoms with Gasteiger partial charge in [0.1, 0.15) is 0 Å². The van der Waals surface area contributed by atoms with Gasteiger partial charge in [-0.1, -0.05) is 46.1 Å². The van der Waals surface area contributed by atoms with Crippen molar-refractivity contribution in [2.24, 2.45) is 5.92 Å². The Morgan fingerprint density at radius 3 is 3.00 bits per heavy atom. The quantitative estimate of drug-likeness (QED) is 0.888. The largest absolute Gasteiger partial charge is 0.337 e. The molecule has 2 heterocycles. The van der Waals surface area contributed by atoms with Crippen LogP contribution in [0, 0.1) is 5.92 Å². The van der Waals surface area contributed by atoms with Crippen molar-refractivity contribution in [1.82, 2.24) is 15.5 Å². The lowest BCUT2D eigenvalue weighted by Gasteiger charge is -2.24. The number of hydrogen-bond donors (Lipinski definition) is 1. The van der Waals surface area contributed by atoms with Gasteiger partial charge >= 0.3 is 0 Å². The number of fused-ring (bicyclic) bond motifs is 1. The van der Waals surface area contributed by atoms with Gasteiger partial charge in [0.05, 0.1) is 6.04 Å². The molecule has 0 spiro atoms. The van der Waals surface area contributed by atoms with E-state index in [0.29, 0.717) is 11.9 Å². The molecule has 4 rings (SSSR count). The summed E-state index contributed by atoms with van der Waals surface area (Å²) in [5.74, 6) is 2.19. The lowest BCUT2D eigenvalue weighted by molar-refractivity contribution is 0.324. The normalized spacial score (nSPS) is 28.5. The highest BCUT2D eigenvalue weighted by Crippen LogP contribution is 2.38. The second kappa shape index (κ2) is 5.54. The maximum absolute atomic E-state index is 5.51. The zero-order valence-corrected chi connectivity index (χ0v) is 13.3. The summed E-state index contributed by atoms with van der Waals surface area (Å²) >= 11 is 3.48. The third-order valence-corrected chi connectivity index (χ3v) is 5.18. The molecule has 1 aromatic carbocycles. The smallest absolute Gasteiger partial charge is 0.244 e. The molecule has 2 aromatic rings. The molecule has 0 radical (unpaired) electrons. The molecular formula is C16H18BrN3O. The van der Waals surface area contributed by atoms with E-state index in [-0.39, 0.29) is 6.04 Å². The summed E-state index contributed by atoms with van der Waals surface area (Å²) in [7, 11) is 0. The minimum Gasteiger partial charge on any atom is -0.337 e. The van der Waals surface area contributed by atoms with Gasteiger partial charge in [-0.15, -0.1) is 0 Å². The Bertz CT molecular complexity index is 628. The van der Waals surface area contributed by atoms with Crippen LogP contribution in [0.3, 0.4) is 0 Å². The Labute approximate surface area is 132 Å². The minimum absolute atomic E-state index is 0.228. The van der Waals surface area contributed by atoms with Crippen LogP contribution in [0.4, 0.5) is 0 Å². The Balaban J connectivity index is 1.55. The monoisotopic (exact) mass is 347 g/mol. The summed E-state index contributed by atoms with van der Waals surface area (Å²) < 4.78 is 6.53. The molecule has 2 fully saturated rings. The van der Waals surface area contributed by atoms with Crippen LogP contribution in [0.1, 0.15) is 44.0 Å². The third kappa shape index (κ3) is 2.64. The molecule has 110 valence electrons. The van der Waals surface area contributed by atoms with E-state index in [1.165, 1.54) is 25.7 Å². The molecule has 4 nitrogen and oxygen atoms in total. The first-order valence-electron chi connectivity index (χ1n) is 7.65. The van der Waals surface area contributed by atoms with E-state index in [1.807, 2.05) is 24.3 Å². The maximum Gasteiger partial charge on any atom is 0.244 e. The number of nitrogens with one attached hydrogen (secondary N) is 1. The first-order chi connectivity index (χ1) is 10.3. The van der Waals surface area contributed by atoms with Gasteiger partial charge in [0.15, 0.2) is 0 Å². The molecular weight excluding hydrogens is 330 g/mol. The van der Waals surface area contributed by atoms with Crippen LogP contribution in [0.25, 0.3) is 11.4 Å². The van der Waals surface area contributed by atoms with Crippen LogP contribution in [0.15, 0.2) is 33.3 Å². The van der Waals surface area contributed by atoms with E-state index in [4.69, 9.17) is 4.52 Å². The number of halogens is 1. The van der Waals surface area contributed by atoms with Crippen LogP contribution in [-0.2, 0) is 0 Å². The fraction of sp³-hybridized carbons (Fsp3) is 0.500. The first kappa shape index (κ1) is 13.5. The molecule has 1 aliphatic carbocycles. The molecule has 1 saturated carbocycles. The number of hydrogen-bond acceptors (Lipinski definition) is 4. The van der Waals surface area contributed by atoms with E-state index in [9.17, 15) is 0 Å². The van der Waals surface area contributed by atoms with E-state index in [0.717, 1.165) is 28.3 Å². The lowest BCUT2D eigenvalue weighted by Crippen LogP contribution is -2.30. The fourth-order valence-corrected chi connectivity index (χ4v) is 4.03. The van der Waals surface area contributed by atoms with Gasteiger partial charge < -0.3 is 9.84 Å². The van der Waals surface area contributed by atoms with Crippen LogP contribution in [0.5, 0.6) is 0 Å². The fourth-order valence-electron chi connectivity index (χ4n) is 3.63. The van der Waals surface area contributed by atoms with Gasteiger partial charge in [0.2, 0.25) is 11.7 Å². The number of nitrogens with zero attached hydrogens (tertiary/aromatic N) is 2. The summed E-state index contributed by atoms with van der Waals surface area (Å²) in [6, 6.07) is 8.86. The van der Waals surface area contributed by atoms with E-state index in [2.05, 4.69) is 31.4 Å². The van der Waals surface area contributed by atoms with Crippen LogP contribution in [-0.4, -0.2) is 16.2 Å². The van der Waals surface area contributed by atoms with Gasteiger partial charge in [0, 0.05) is 16.1 Å². The molecule has 1 saturated heterocycles.